The van der Waals surface area contributed by atoms with E-state index in [1.54, 1.807) is 0 Å². The molecule has 1 fully saturated rings. The molecule has 0 spiro atoms. The first-order valence-corrected chi connectivity index (χ1v) is 9.42. The molecule has 2 rings (SSSR count). The summed E-state index contributed by atoms with van der Waals surface area (Å²) in [6.07, 6.45) is 5.12. The lowest BCUT2D eigenvalue weighted by molar-refractivity contribution is -0.143. The Hall–Kier alpha value is -1.39. The van der Waals surface area contributed by atoms with Crippen molar-refractivity contribution >= 4 is 5.97 Å². The molecule has 0 saturated carbocycles. The minimum absolute atomic E-state index is 0.0490. The van der Waals surface area contributed by atoms with Crippen LogP contribution >= 0.6 is 0 Å². The first-order chi connectivity index (χ1) is 11.8. The molecular weight excluding hydrogens is 300 g/mol. The van der Waals surface area contributed by atoms with Crippen LogP contribution in [0.4, 0.5) is 0 Å². The molecule has 0 radical (unpaired) electrons. The lowest BCUT2D eigenvalue weighted by Gasteiger charge is -2.34. The van der Waals surface area contributed by atoms with Gasteiger partial charge in [0.25, 0.3) is 0 Å². The molecule has 1 aliphatic heterocycles. The molecular formula is C20H32N2O2. The van der Waals surface area contributed by atoms with E-state index < -0.39 is 0 Å². The van der Waals surface area contributed by atoms with Crippen molar-refractivity contribution in [1.82, 2.24) is 9.80 Å². The van der Waals surface area contributed by atoms with Gasteiger partial charge in [-0.25, -0.2) is 0 Å². The van der Waals surface area contributed by atoms with Crippen molar-refractivity contribution in [2.75, 3.05) is 39.3 Å². The summed E-state index contributed by atoms with van der Waals surface area (Å²) in [4.78, 5) is 16.4. The second kappa shape index (κ2) is 11.2. The van der Waals surface area contributed by atoms with Gasteiger partial charge in [-0.3, -0.25) is 9.69 Å². The summed E-state index contributed by atoms with van der Waals surface area (Å²) in [6, 6.07) is 10.7. The first-order valence-electron chi connectivity index (χ1n) is 9.42. The van der Waals surface area contributed by atoms with E-state index in [2.05, 4.69) is 40.1 Å². The van der Waals surface area contributed by atoms with Crippen molar-refractivity contribution in [2.45, 2.75) is 45.6 Å². The van der Waals surface area contributed by atoms with E-state index in [-0.39, 0.29) is 5.97 Å². The second-order valence-electron chi connectivity index (χ2n) is 6.57. The Morgan fingerprint density at radius 2 is 1.62 bits per heavy atom. The summed E-state index contributed by atoms with van der Waals surface area (Å²) in [5.41, 5.74) is 1.41. The molecule has 0 amide bonds. The van der Waals surface area contributed by atoms with Crippen molar-refractivity contribution in [1.29, 1.82) is 0 Å². The van der Waals surface area contributed by atoms with Crippen LogP contribution in [0.3, 0.4) is 0 Å². The Morgan fingerprint density at radius 1 is 0.958 bits per heavy atom. The van der Waals surface area contributed by atoms with E-state index in [9.17, 15) is 4.79 Å². The average molecular weight is 332 g/mol. The Labute approximate surface area is 146 Å². The van der Waals surface area contributed by atoms with Gasteiger partial charge in [-0.2, -0.15) is 0 Å². The largest absolute Gasteiger partial charge is 0.466 e. The number of hydrogen-bond acceptors (Lipinski definition) is 4. The van der Waals surface area contributed by atoms with E-state index in [0.29, 0.717) is 13.0 Å². The maximum Gasteiger partial charge on any atom is 0.305 e. The van der Waals surface area contributed by atoms with Crippen molar-refractivity contribution in [3.05, 3.63) is 35.9 Å². The van der Waals surface area contributed by atoms with Gasteiger partial charge in [-0.15, -0.1) is 0 Å². The maximum absolute atomic E-state index is 11.2. The van der Waals surface area contributed by atoms with E-state index in [1.807, 2.05) is 6.92 Å². The van der Waals surface area contributed by atoms with Gasteiger partial charge in [0.2, 0.25) is 0 Å². The third-order valence-electron chi connectivity index (χ3n) is 4.62. The highest BCUT2D eigenvalue weighted by molar-refractivity contribution is 5.69. The van der Waals surface area contributed by atoms with Crippen LogP contribution < -0.4 is 0 Å². The second-order valence-corrected chi connectivity index (χ2v) is 6.57. The van der Waals surface area contributed by atoms with Crippen LogP contribution in [0.25, 0.3) is 0 Å². The molecule has 4 nitrogen and oxygen atoms in total. The molecule has 0 unspecified atom stereocenters. The average Bonchev–Trinajstić information content (AvgIpc) is 2.60. The molecule has 0 aromatic heterocycles. The Bertz CT molecular complexity index is 456. The minimum Gasteiger partial charge on any atom is -0.466 e. The van der Waals surface area contributed by atoms with Crippen LogP contribution in [0, 0.1) is 0 Å². The van der Waals surface area contributed by atoms with E-state index in [0.717, 1.165) is 32.5 Å². The zero-order valence-corrected chi connectivity index (χ0v) is 15.1. The summed E-state index contributed by atoms with van der Waals surface area (Å²) >= 11 is 0. The minimum atomic E-state index is -0.0490. The molecule has 0 atom stereocenters. The number of hydrogen-bond donors (Lipinski definition) is 0. The number of nitrogens with zero attached hydrogens (tertiary/aromatic N) is 2. The smallest absolute Gasteiger partial charge is 0.305 e. The molecule has 0 bridgehead atoms. The molecule has 4 heteroatoms. The quantitative estimate of drug-likeness (QED) is 0.486. The molecule has 1 saturated heterocycles. The number of unbranched alkanes of at least 4 members (excludes halogenated alkanes) is 3. The van der Waals surface area contributed by atoms with Crippen molar-refractivity contribution in [2.24, 2.45) is 0 Å². The number of carbonyl (C=O) groups excluding carboxylic acids is 1. The number of esters is 1. The maximum atomic E-state index is 11.2. The van der Waals surface area contributed by atoms with Gasteiger partial charge in [-0.05, 0) is 31.9 Å². The van der Waals surface area contributed by atoms with E-state index in [1.165, 1.54) is 38.0 Å². The Balaban J connectivity index is 1.48. The topological polar surface area (TPSA) is 32.8 Å². The molecule has 0 N–H and O–H groups in total. The highest BCUT2D eigenvalue weighted by atomic mass is 16.5. The van der Waals surface area contributed by atoms with Crippen molar-refractivity contribution in [3.8, 4) is 0 Å². The predicted molar refractivity (Wildman–Crippen MR) is 97.9 cm³/mol. The van der Waals surface area contributed by atoms with Crippen molar-refractivity contribution in [3.63, 3.8) is 0 Å². The Kier molecular flexibility index (Phi) is 8.85. The highest BCUT2D eigenvalue weighted by Gasteiger charge is 2.16. The molecule has 1 heterocycles. The lowest BCUT2D eigenvalue weighted by atomic mass is 10.1. The van der Waals surface area contributed by atoms with Gasteiger partial charge in [0.1, 0.15) is 0 Å². The van der Waals surface area contributed by atoms with Crippen LogP contribution in [0.15, 0.2) is 30.3 Å². The van der Waals surface area contributed by atoms with Gasteiger partial charge >= 0.3 is 5.97 Å². The standard InChI is InChI=1S/C20H32N2O2/c1-2-24-20(23)12-8-3-4-9-13-21-14-16-22(17-15-21)18-19-10-6-5-7-11-19/h5-7,10-11H,2-4,8-9,12-18H2,1H3. The van der Waals surface area contributed by atoms with Crippen LogP contribution in [-0.4, -0.2) is 55.1 Å². The molecule has 0 aliphatic carbocycles. The fourth-order valence-corrected chi connectivity index (χ4v) is 3.20. The van der Waals surface area contributed by atoms with Gasteiger partial charge in [0.15, 0.2) is 0 Å². The summed E-state index contributed by atoms with van der Waals surface area (Å²) < 4.78 is 4.94. The molecule has 1 aromatic rings. The third-order valence-corrected chi connectivity index (χ3v) is 4.62. The Morgan fingerprint density at radius 3 is 2.33 bits per heavy atom. The van der Waals surface area contributed by atoms with E-state index in [4.69, 9.17) is 4.74 Å². The molecule has 24 heavy (non-hydrogen) atoms. The van der Waals surface area contributed by atoms with Crippen LogP contribution in [0.2, 0.25) is 0 Å². The summed E-state index contributed by atoms with van der Waals surface area (Å²) in [5, 5.41) is 0. The number of piperazine rings is 1. The van der Waals surface area contributed by atoms with Crippen LogP contribution in [0.5, 0.6) is 0 Å². The lowest BCUT2D eigenvalue weighted by Crippen LogP contribution is -2.46. The number of carbonyl (C=O) groups is 1. The van der Waals surface area contributed by atoms with Gasteiger partial charge < -0.3 is 9.64 Å². The molecule has 134 valence electrons. The zero-order chi connectivity index (χ0) is 17.0. The predicted octanol–water partition coefficient (Wildman–Crippen LogP) is 3.32. The van der Waals surface area contributed by atoms with Gasteiger partial charge in [0.05, 0.1) is 6.61 Å². The molecule has 1 aliphatic rings. The fourth-order valence-electron chi connectivity index (χ4n) is 3.20. The van der Waals surface area contributed by atoms with Gasteiger partial charge in [0, 0.05) is 39.1 Å². The van der Waals surface area contributed by atoms with E-state index >= 15 is 0 Å². The highest BCUT2D eigenvalue weighted by Crippen LogP contribution is 2.10. The van der Waals surface area contributed by atoms with Gasteiger partial charge in [-0.1, -0.05) is 43.2 Å². The van der Waals surface area contributed by atoms with Crippen LogP contribution in [0.1, 0.15) is 44.6 Å². The summed E-state index contributed by atoms with van der Waals surface area (Å²) in [5.74, 6) is -0.0490. The zero-order valence-electron chi connectivity index (χ0n) is 15.1. The monoisotopic (exact) mass is 332 g/mol. The summed E-state index contributed by atoms with van der Waals surface area (Å²) in [7, 11) is 0. The third kappa shape index (κ3) is 7.45. The first kappa shape index (κ1) is 18.9. The van der Waals surface area contributed by atoms with Crippen LogP contribution in [-0.2, 0) is 16.1 Å². The normalized spacial score (nSPS) is 16.2. The van der Waals surface area contributed by atoms with Crippen molar-refractivity contribution < 1.29 is 9.53 Å². The molecule has 1 aromatic carbocycles. The SMILES string of the molecule is CCOC(=O)CCCCCCN1CCN(Cc2ccccc2)CC1. The fraction of sp³-hybridized carbons (Fsp3) is 0.650. The number of rotatable bonds is 10. The summed E-state index contributed by atoms with van der Waals surface area (Å²) in [6.45, 7) is 9.30. The number of ether oxygens (including phenoxy) is 1. The number of benzene rings is 1.